The fraction of sp³-hybridized carbons (Fsp3) is 0.364. The summed E-state index contributed by atoms with van der Waals surface area (Å²) in [5, 5.41) is 14.2. The molecular formula is C11H18N4O2. The summed E-state index contributed by atoms with van der Waals surface area (Å²) >= 11 is 0. The van der Waals surface area contributed by atoms with Gasteiger partial charge >= 0.3 is 0 Å². The predicted octanol–water partition coefficient (Wildman–Crippen LogP) is -0.837. The van der Waals surface area contributed by atoms with Crippen LogP contribution >= 0.6 is 0 Å². The van der Waals surface area contributed by atoms with Crippen LogP contribution in [0.1, 0.15) is 10.4 Å². The van der Waals surface area contributed by atoms with Gasteiger partial charge in [0.15, 0.2) is 0 Å². The molecule has 0 aromatic heterocycles. The van der Waals surface area contributed by atoms with Crippen LogP contribution in [0.4, 0.5) is 11.4 Å². The Morgan fingerprint density at radius 2 is 1.94 bits per heavy atom. The Labute approximate surface area is 100.0 Å². The minimum atomic E-state index is -0.192. The summed E-state index contributed by atoms with van der Waals surface area (Å²) in [6.07, 6.45) is 0. The number of anilines is 2. The monoisotopic (exact) mass is 238 g/mol. The number of rotatable bonds is 6. The summed E-state index contributed by atoms with van der Waals surface area (Å²) in [6.45, 7) is 1.70. The molecule has 0 radical (unpaired) electrons. The van der Waals surface area contributed by atoms with Crippen LogP contribution in [0.25, 0.3) is 0 Å². The summed E-state index contributed by atoms with van der Waals surface area (Å²) in [6, 6.07) is 4.78. The van der Waals surface area contributed by atoms with E-state index in [0.717, 1.165) is 0 Å². The van der Waals surface area contributed by atoms with Crippen molar-refractivity contribution in [3.63, 3.8) is 0 Å². The lowest BCUT2D eigenvalue weighted by atomic mass is 10.1. The largest absolute Gasteiger partial charge is 0.397 e. The fourth-order valence-electron chi connectivity index (χ4n) is 1.29. The van der Waals surface area contributed by atoms with Crippen molar-refractivity contribution in [2.45, 2.75) is 0 Å². The van der Waals surface area contributed by atoms with Crippen LogP contribution in [-0.4, -0.2) is 37.3 Å². The first-order chi connectivity index (χ1) is 8.15. The highest BCUT2D eigenvalue weighted by atomic mass is 16.3. The van der Waals surface area contributed by atoms with Gasteiger partial charge in [0.25, 0.3) is 5.91 Å². The maximum atomic E-state index is 11.7. The van der Waals surface area contributed by atoms with Gasteiger partial charge in [0.1, 0.15) is 0 Å². The molecule has 0 saturated carbocycles. The van der Waals surface area contributed by atoms with E-state index in [1.54, 1.807) is 18.2 Å². The van der Waals surface area contributed by atoms with Gasteiger partial charge in [-0.2, -0.15) is 0 Å². The molecule has 1 rings (SSSR count). The van der Waals surface area contributed by atoms with Gasteiger partial charge in [-0.15, -0.1) is 0 Å². The number of hydrogen-bond donors (Lipinski definition) is 5. The van der Waals surface area contributed by atoms with Crippen molar-refractivity contribution < 1.29 is 9.90 Å². The zero-order valence-electron chi connectivity index (χ0n) is 9.57. The normalized spacial score (nSPS) is 10.2. The summed E-state index contributed by atoms with van der Waals surface area (Å²) in [5.41, 5.74) is 12.5. The molecule has 0 spiro atoms. The van der Waals surface area contributed by atoms with E-state index < -0.39 is 0 Å². The second-order valence-corrected chi connectivity index (χ2v) is 3.57. The molecule has 0 bridgehead atoms. The Balaban J connectivity index is 2.39. The van der Waals surface area contributed by atoms with Gasteiger partial charge in [-0.05, 0) is 18.2 Å². The lowest BCUT2D eigenvalue weighted by Gasteiger charge is -2.07. The third-order valence-electron chi connectivity index (χ3n) is 2.22. The number of benzene rings is 1. The van der Waals surface area contributed by atoms with Crippen molar-refractivity contribution in [3.8, 4) is 0 Å². The highest BCUT2D eigenvalue weighted by molar-refractivity contribution is 5.95. The number of nitrogens with two attached hydrogens (primary N) is 2. The Morgan fingerprint density at radius 3 is 2.59 bits per heavy atom. The zero-order valence-corrected chi connectivity index (χ0v) is 9.57. The fourth-order valence-corrected chi connectivity index (χ4v) is 1.29. The van der Waals surface area contributed by atoms with Gasteiger partial charge in [0.05, 0.1) is 18.0 Å². The molecule has 0 aliphatic heterocycles. The highest BCUT2D eigenvalue weighted by Gasteiger charge is 2.05. The highest BCUT2D eigenvalue weighted by Crippen LogP contribution is 2.15. The van der Waals surface area contributed by atoms with E-state index in [9.17, 15) is 4.79 Å². The standard InChI is InChI=1S/C11H18N4O2/c12-9-2-1-8(7-10(9)13)11(17)15-4-3-14-5-6-16/h1-2,7,14,16H,3-6,12-13H2,(H,15,17). The average Bonchev–Trinajstić information content (AvgIpc) is 2.32. The van der Waals surface area contributed by atoms with Gasteiger partial charge in [-0.3, -0.25) is 4.79 Å². The first-order valence-corrected chi connectivity index (χ1v) is 5.40. The minimum Gasteiger partial charge on any atom is -0.397 e. The third-order valence-corrected chi connectivity index (χ3v) is 2.22. The molecule has 6 heteroatoms. The van der Waals surface area contributed by atoms with Gasteiger partial charge in [0.2, 0.25) is 0 Å². The molecule has 1 aromatic carbocycles. The smallest absolute Gasteiger partial charge is 0.251 e. The number of nitrogens with one attached hydrogen (secondary N) is 2. The quantitative estimate of drug-likeness (QED) is 0.328. The van der Waals surface area contributed by atoms with E-state index in [2.05, 4.69) is 10.6 Å². The number of carbonyl (C=O) groups excluding carboxylic acids is 1. The lowest BCUT2D eigenvalue weighted by Crippen LogP contribution is -2.32. The lowest BCUT2D eigenvalue weighted by molar-refractivity contribution is 0.0954. The van der Waals surface area contributed by atoms with Crippen molar-refractivity contribution in [1.82, 2.24) is 10.6 Å². The van der Waals surface area contributed by atoms with E-state index in [1.807, 2.05) is 0 Å². The SMILES string of the molecule is Nc1ccc(C(=O)NCCNCCO)cc1N. The Morgan fingerprint density at radius 1 is 1.18 bits per heavy atom. The first-order valence-electron chi connectivity index (χ1n) is 5.40. The van der Waals surface area contributed by atoms with Gasteiger partial charge in [-0.1, -0.05) is 0 Å². The Bertz CT molecular complexity index is 382. The van der Waals surface area contributed by atoms with Crippen LogP contribution in [0.15, 0.2) is 18.2 Å². The molecule has 0 saturated heterocycles. The van der Waals surface area contributed by atoms with Crippen molar-refractivity contribution in [2.24, 2.45) is 0 Å². The molecule has 6 nitrogen and oxygen atoms in total. The van der Waals surface area contributed by atoms with Crippen molar-refractivity contribution in [2.75, 3.05) is 37.7 Å². The topological polar surface area (TPSA) is 113 Å². The van der Waals surface area contributed by atoms with Crippen molar-refractivity contribution in [3.05, 3.63) is 23.8 Å². The summed E-state index contributed by atoms with van der Waals surface area (Å²) in [4.78, 5) is 11.7. The van der Waals surface area contributed by atoms with Crippen molar-refractivity contribution >= 4 is 17.3 Å². The van der Waals surface area contributed by atoms with E-state index in [1.165, 1.54) is 0 Å². The van der Waals surface area contributed by atoms with Gasteiger partial charge in [0, 0.05) is 25.2 Å². The van der Waals surface area contributed by atoms with E-state index >= 15 is 0 Å². The minimum absolute atomic E-state index is 0.0858. The first kappa shape index (κ1) is 13.3. The third kappa shape index (κ3) is 4.29. The number of hydrogen-bond acceptors (Lipinski definition) is 5. The molecule has 0 aliphatic carbocycles. The molecule has 1 aromatic rings. The average molecular weight is 238 g/mol. The molecule has 7 N–H and O–H groups in total. The van der Waals surface area contributed by atoms with Crippen LogP contribution in [0, 0.1) is 0 Å². The van der Waals surface area contributed by atoms with Crippen LogP contribution in [0.2, 0.25) is 0 Å². The maximum Gasteiger partial charge on any atom is 0.251 e. The van der Waals surface area contributed by atoms with Crippen LogP contribution in [0.3, 0.4) is 0 Å². The molecule has 94 valence electrons. The van der Waals surface area contributed by atoms with Crippen LogP contribution < -0.4 is 22.1 Å². The van der Waals surface area contributed by atoms with E-state index in [0.29, 0.717) is 36.6 Å². The Hall–Kier alpha value is -1.79. The second-order valence-electron chi connectivity index (χ2n) is 3.57. The van der Waals surface area contributed by atoms with E-state index in [4.69, 9.17) is 16.6 Å². The summed E-state index contributed by atoms with van der Waals surface area (Å²) in [5.74, 6) is -0.192. The predicted molar refractivity (Wildman–Crippen MR) is 67.6 cm³/mol. The van der Waals surface area contributed by atoms with Crippen LogP contribution in [-0.2, 0) is 0 Å². The number of amides is 1. The number of aliphatic hydroxyl groups excluding tert-OH is 1. The zero-order chi connectivity index (χ0) is 12.7. The van der Waals surface area contributed by atoms with E-state index in [-0.39, 0.29) is 12.5 Å². The molecule has 0 fully saturated rings. The van der Waals surface area contributed by atoms with Gasteiger partial charge in [-0.25, -0.2) is 0 Å². The summed E-state index contributed by atoms with van der Waals surface area (Å²) < 4.78 is 0. The molecule has 0 unspecified atom stereocenters. The number of carbonyl (C=O) groups is 1. The molecule has 0 atom stereocenters. The molecule has 0 aliphatic rings. The molecular weight excluding hydrogens is 220 g/mol. The van der Waals surface area contributed by atoms with Crippen LogP contribution in [0.5, 0.6) is 0 Å². The van der Waals surface area contributed by atoms with Crippen molar-refractivity contribution in [1.29, 1.82) is 0 Å². The molecule has 17 heavy (non-hydrogen) atoms. The summed E-state index contributed by atoms with van der Waals surface area (Å²) in [7, 11) is 0. The van der Waals surface area contributed by atoms with Gasteiger partial charge < -0.3 is 27.2 Å². The number of nitrogen functional groups attached to an aromatic ring is 2. The Kier molecular flexibility index (Phi) is 5.25. The second kappa shape index (κ2) is 6.72. The maximum absolute atomic E-state index is 11.7. The molecule has 0 heterocycles. The molecule has 1 amide bonds. The number of aliphatic hydroxyl groups is 1.